The van der Waals surface area contributed by atoms with E-state index in [1.807, 2.05) is 19.1 Å². The molecule has 4 nitrogen and oxygen atoms in total. The Kier molecular flexibility index (Phi) is 3.28. The topological polar surface area (TPSA) is 63.3 Å². The van der Waals surface area contributed by atoms with Gasteiger partial charge < -0.3 is 9.52 Å². The summed E-state index contributed by atoms with van der Waals surface area (Å²) in [7, 11) is 0. The van der Waals surface area contributed by atoms with Crippen LogP contribution in [-0.4, -0.2) is 10.1 Å². The first-order valence-electron chi connectivity index (χ1n) is 6.51. The number of aryl methyl sites for hydroxylation is 1. The molecule has 0 radical (unpaired) electrons. The predicted molar refractivity (Wildman–Crippen MR) is 82.0 cm³/mol. The molecule has 0 aliphatic rings. The number of hydrogen-bond donors (Lipinski definition) is 1. The van der Waals surface area contributed by atoms with Gasteiger partial charge >= 0.3 is 5.63 Å². The summed E-state index contributed by atoms with van der Waals surface area (Å²) < 4.78 is 5.24. The molecule has 4 heteroatoms. The van der Waals surface area contributed by atoms with Crippen LogP contribution in [0.2, 0.25) is 0 Å². The Labute approximate surface area is 121 Å². The lowest BCUT2D eigenvalue weighted by molar-refractivity contribution is 0.514. The number of hydrogen-bond acceptors (Lipinski definition) is 4. The maximum atomic E-state index is 11.9. The molecule has 3 aromatic rings. The summed E-state index contributed by atoms with van der Waals surface area (Å²) in [5.74, 6) is -0.0261. The van der Waals surface area contributed by atoms with Crippen molar-refractivity contribution in [3.63, 3.8) is 0 Å². The third kappa shape index (κ3) is 2.69. The Bertz CT molecular complexity index is 879. The molecule has 0 atom stereocenters. The van der Waals surface area contributed by atoms with E-state index in [0.717, 1.165) is 5.56 Å². The third-order valence-corrected chi connectivity index (χ3v) is 3.11. The fraction of sp³-hybridized carbons (Fsp3) is 0.0588. The number of benzene rings is 2. The van der Waals surface area contributed by atoms with Crippen LogP contribution in [0.4, 0.5) is 0 Å². The number of nitrogens with zero attached hydrogens (tertiary/aromatic N) is 1. The highest BCUT2D eigenvalue weighted by Crippen LogP contribution is 2.16. The zero-order valence-corrected chi connectivity index (χ0v) is 11.4. The first kappa shape index (κ1) is 13.1. The molecule has 0 aliphatic carbocycles. The molecular formula is C17H13NO3. The van der Waals surface area contributed by atoms with Gasteiger partial charge in [0.1, 0.15) is 11.3 Å². The van der Waals surface area contributed by atoms with Crippen molar-refractivity contribution in [3.05, 3.63) is 75.8 Å². The minimum atomic E-state index is -0.574. The summed E-state index contributed by atoms with van der Waals surface area (Å²) in [5, 5.41) is 10.1. The van der Waals surface area contributed by atoms with E-state index >= 15 is 0 Å². The highest BCUT2D eigenvalue weighted by molar-refractivity contribution is 5.78. The van der Waals surface area contributed by atoms with Gasteiger partial charge in [0.2, 0.25) is 0 Å². The lowest BCUT2D eigenvalue weighted by Gasteiger charge is -2.01. The number of aliphatic hydroxyl groups is 1. The monoisotopic (exact) mass is 279 g/mol. The molecule has 1 aromatic heterocycles. The van der Waals surface area contributed by atoms with Gasteiger partial charge in [-0.3, -0.25) is 0 Å². The van der Waals surface area contributed by atoms with Crippen LogP contribution in [-0.2, 0) is 0 Å². The van der Waals surface area contributed by atoms with Crippen LogP contribution in [0.3, 0.4) is 0 Å². The van der Waals surface area contributed by atoms with Crippen molar-refractivity contribution in [3.8, 4) is 0 Å². The molecule has 104 valence electrons. The number of aromatic nitrogens is 1. The second-order valence-corrected chi connectivity index (χ2v) is 4.75. The van der Waals surface area contributed by atoms with Gasteiger partial charge in [-0.25, -0.2) is 9.78 Å². The van der Waals surface area contributed by atoms with Crippen LogP contribution in [0.1, 0.15) is 16.8 Å². The Morgan fingerprint density at radius 3 is 2.71 bits per heavy atom. The fourth-order valence-corrected chi connectivity index (χ4v) is 2.04. The Morgan fingerprint density at radius 2 is 1.95 bits per heavy atom. The van der Waals surface area contributed by atoms with E-state index in [1.54, 1.807) is 36.4 Å². The number of fused-ring (bicyclic) bond motifs is 1. The lowest BCUT2D eigenvalue weighted by atomic mass is 10.1. The van der Waals surface area contributed by atoms with Gasteiger partial charge in [-0.15, -0.1) is 0 Å². The van der Waals surface area contributed by atoms with E-state index in [4.69, 9.17) is 4.42 Å². The van der Waals surface area contributed by atoms with E-state index in [9.17, 15) is 9.90 Å². The summed E-state index contributed by atoms with van der Waals surface area (Å²) in [5.41, 5.74) is 2.12. The third-order valence-electron chi connectivity index (χ3n) is 3.11. The summed E-state index contributed by atoms with van der Waals surface area (Å²) in [4.78, 5) is 16.2. The van der Waals surface area contributed by atoms with Crippen molar-refractivity contribution in [2.45, 2.75) is 6.92 Å². The average Bonchev–Trinajstić information content (AvgIpc) is 2.49. The molecular weight excluding hydrogens is 266 g/mol. The molecule has 0 amide bonds. The van der Waals surface area contributed by atoms with E-state index in [-0.39, 0.29) is 11.5 Å². The van der Waals surface area contributed by atoms with Crippen LogP contribution in [0.15, 0.2) is 57.7 Å². The maximum absolute atomic E-state index is 11.9. The zero-order valence-electron chi connectivity index (χ0n) is 11.4. The molecule has 1 heterocycles. The van der Waals surface area contributed by atoms with Gasteiger partial charge in [-0.2, -0.15) is 0 Å². The van der Waals surface area contributed by atoms with E-state index in [2.05, 4.69) is 4.98 Å². The average molecular weight is 279 g/mol. The molecule has 0 aliphatic heterocycles. The molecule has 21 heavy (non-hydrogen) atoms. The highest BCUT2D eigenvalue weighted by Gasteiger charge is 2.07. The van der Waals surface area contributed by atoms with Gasteiger partial charge in [0, 0.05) is 11.6 Å². The first-order valence-corrected chi connectivity index (χ1v) is 6.51. The molecule has 2 aromatic carbocycles. The summed E-state index contributed by atoms with van der Waals surface area (Å²) in [6.07, 6.45) is 1.32. The highest BCUT2D eigenvalue weighted by atomic mass is 16.4. The van der Waals surface area contributed by atoms with Crippen LogP contribution in [0, 0.1) is 6.92 Å². The standard InChI is InChI=1S/C17H13NO3/c1-11-7-8-13-16(9-11)21-17(20)14(18-13)10-15(19)12-5-3-2-4-6-12/h2-10,19H,1H3/b15-10-. The molecule has 3 rings (SSSR count). The van der Waals surface area contributed by atoms with Gasteiger partial charge in [0.05, 0.1) is 0 Å². The Balaban J connectivity index is 2.11. The molecule has 0 spiro atoms. The normalized spacial score (nSPS) is 11.8. The lowest BCUT2D eigenvalue weighted by Crippen LogP contribution is -2.06. The zero-order chi connectivity index (χ0) is 14.8. The van der Waals surface area contributed by atoms with Crippen molar-refractivity contribution in [1.82, 2.24) is 4.98 Å². The Hall–Kier alpha value is -2.88. The predicted octanol–water partition coefficient (Wildman–Crippen LogP) is 3.55. The van der Waals surface area contributed by atoms with Gasteiger partial charge in [0.25, 0.3) is 0 Å². The van der Waals surface area contributed by atoms with Gasteiger partial charge in [0.15, 0.2) is 11.3 Å². The first-order chi connectivity index (χ1) is 10.1. The smallest absolute Gasteiger partial charge is 0.362 e. The molecule has 0 saturated carbocycles. The van der Waals surface area contributed by atoms with Crippen molar-refractivity contribution >= 4 is 22.9 Å². The number of aliphatic hydroxyl groups excluding tert-OH is 1. The summed E-state index contributed by atoms with van der Waals surface area (Å²) >= 11 is 0. The van der Waals surface area contributed by atoms with Gasteiger partial charge in [-0.05, 0) is 24.6 Å². The van der Waals surface area contributed by atoms with Crippen molar-refractivity contribution in [2.75, 3.05) is 0 Å². The van der Waals surface area contributed by atoms with Crippen molar-refractivity contribution < 1.29 is 9.52 Å². The molecule has 1 N–H and O–H groups in total. The largest absolute Gasteiger partial charge is 0.507 e. The van der Waals surface area contributed by atoms with Crippen LogP contribution in [0.5, 0.6) is 0 Å². The quantitative estimate of drug-likeness (QED) is 0.729. The number of rotatable bonds is 2. The fourth-order valence-electron chi connectivity index (χ4n) is 2.04. The summed E-state index contributed by atoms with van der Waals surface area (Å²) in [6, 6.07) is 14.4. The molecule has 0 bridgehead atoms. The van der Waals surface area contributed by atoms with E-state index in [0.29, 0.717) is 16.7 Å². The van der Waals surface area contributed by atoms with Crippen LogP contribution in [0.25, 0.3) is 22.9 Å². The molecule has 0 fully saturated rings. The van der Waals surface area contributed by atoms with Crippen LogP contribution < -0.4 is 5.63 Å². The second kappa shape index (κ2) is 5.25. The maximum Gasteiger partial charge on any atom is 0.362 e. The second-order valence-electron chi connectivity index (χ2n) is 4.75. The Morgan fingerprint density at radius 1 is 1.19 bits per heavy atom. The minimum absolute atomic E-state index is 0.0261. The van der Waals surface area contributed by atoms with Crippen LogP contribution >= 0.6 is 0 Å². The SMILES string of the molecule is Cc1ccc2nc(/C=C(\O)c3ccccc3)c(=O)oc2c1. The van der Waals surface area contributed by atoms with Crippen molar-refractivity contribution in [1.29, 1.82) is 0 Å². The van der Waals surface area contributed by atoms with E-state index < -0.39 is 5.63 Å². The van der Waals surface area contributed by atoms with Crippen molar-refractivity contribution in [2.24, 2.45) is 0 Å². The van der Waals surface area contributed by atoms with E-state index in [1.165, 1.54) is 6.08 Å². The van der Waals surface area contributed by atoms with Gasteiger partial charge in [-0.1, -0.05) is 36.4 Å². The molecule has 0 saturated heterocycles. The minimum Gasteiger partial charge on any atom is -0.507 e. The molecule has 0 unspecified atom stereocenters. The summed E-state index contributed by atoms with van der Waals surface area (Å²) in [6.45, 7) is 1.91.